The molecule has 0 aromatic carbocycles. The number of carbonyl (C=O) groups excluding carboxylic acids is 2. The summed E-state index contributed by atoms with van der Waals surface area (Å²) in [5, 5.41) is 0. The molecule has 0 amide bonds. The molecule has 4 aliphatic heterocycles. The van der Waals surface area contributed by atoms with Gasteiger partial charge in [0.05, 0.1) is 0 Å². The Morgan fingerprint density at radius 3 is 2.50 bits per heavy atom. The summed E-state index contributed by atoms with van der Waals surface area (Å²) in [7, 11) is 0. The fourth-order valence-corrected chi connectivity index (χ4v) is 3.77. The number of carbonyl (C=O) groups is 2. The molecule has 0 aliphatic carbocycles. The molecule has 0 unspecified atom stereocenters. The van der Waals surface area contributed by atoms with E-state index in [2.05, 4.69) is 4.90 Å². The Morgan fingerprint density at radius 2 is 2.00 bits per heavy atom. The van der Waals surface area contributed by atoms with Gasteiger partial charge >= 0.3 is 11.9 Å². The summed E-state index contributed by atoms with van der Waals surface area (Å²) in [5.74, 6) is -1.16. The number of piperidine rings is 3. The summed E-state index contributed by atoms with van der Waals surface area (Å²) >= 11 is 0. The van der Waals surface area contributed by atoms with Gasteiger partial charge in [-0.1, -0.05) is 0 Å². The van der Waals surface area contributed by atoms with Gasteiger partial charge in [0.25, 0.3) is 0 Å². The van der Waals surface area contributed by atoms with Gasteiger partial charge in [-0.2, -0.15) is 0 Å². The quantitative estimate of drug-likeness (QED) is 0.536. The number of esters is 2. The molecule has 0 aromatic rings. The first kappa shape index (κ1) is 13.9. The van der Waals surface area contributed by atoms with E-state index in [4.69, 9.17) is 9.47 Å². The van der Waals surface area contributed by atoms with Crippen molar-refractivity contribution in [2.24, 2.45) is 11.8 Å². The first-order valence-electron chi connectivity index (χ1n) is 7.47. The van der Waals surface area contributed by atoms with E-state index in [9.17, 15) is 9.59 Å². The summed E-state index contributed by atoms with van der Waals surface area (Å²) in [5.41, 5.74) is -1.00. The predicted octanol–water partition coefficient (Wildman–Crippen LogP) is 1.36. The van der Waals surface area contributed by atoms with E-state index < -0.39 is 29.1 Å². The highest BCUT2D eigenvalue weighted by Crippen LogP contribution is 2.46. The molecule has 0 aromatic heterocycles. The van der Waals surface area contributed by atoms with Gasteiger partial charge in [0.2, 0.25) is 0 Å². The van der Waals surface area contributed by atoms with Gasteiger partial charge in [-0.05, 0) is 46.7 Å². The van der Waals surface area contributed by atoms with Crippen molar-refractivity contribution in [2.75, 3.05) is 19.6 Å². The minimum absolute atomic E-state index is 0.395. The molecular weight excluding hydrogens is 258 g/mol. The maximum atomic E-state index is 12.2. The van der Waals surface area contributed by atoms with Gasteiger partial charge < -0.3 is 9.47 Å². The summed E-state index contributed by atoms with van der Waals surface area (Å²) in [4.78, 5) is 26.6. The van der Waals surface area contributed by atoms with Gasteiger partial charge in [0, 0.05) is 18.9 Å². The molecule has 4 fully saturated rings. The third-order valence-corrected chi connectivity index (χ3v) is 4.65. The topological polar surface area (TPSA) is 55.8 Å². The lowest BCUT2D eigenvalue weighted by Crippen LogP contribution is -2.59. The maximum Gasteiger partial charge on any atom is 0.321 e. The molecule has 4 aliphatic rings. The number of nitrogens with zero attached hydrogens (tertiary/aromatic N) is 1. The average molecular weight is 281 g/mol. The molecule has 20 heavy (non-hydrogen) atoms. The monoisotopic (exact) mass is 281 g/mol. The molecule has 2 atom stereocenters. The second-order valence-corrected chi connectivity index (χ2v) is 7.33. The van der Waals surface area contributed by atoms with Crippen molar-refractivity contribution in [1.82, 2.24) is 4.90 Å². The minimum Gasteiger partial charge on any atom is -0.459 e. The van der Waals surface area contributed by atoms with Crippen molar-refractivity contribution < 1.29 is 19.1 Å². The fraction of sp³-hybridized carbons (Fsp3) is 0.867. The molecular formula is C15H23NO4. The van der Waals surface area contributed by atoms with Crippen LogP contribution in [-0.4, -0.2) is 47.7 Å². The smallest absolute Gasteiger partial charge is 0.321 e. The lowest BCUT2D eigenvalue weighted by atomic mass is 9.72. The number of ether oxygens (including phenoxy) is 2. The molecule has 5 heteroatoms. The van der Waals surface area contributed by atoms with E-state index in [1.165, 1.54) is 0 Å². The van der Waals surface area contributed by atoms with E-state index in [-0.39, 0.29) is 0 Å². The van der Waals surface area contributed by atoms with E-state index in [1.54, 1.807) is 0 Å². The van der Waals surface area contributed by atoms with Crippen LogP contribution in [-0.2, 0) is 19.1 Å². The second-order valence-electron chi connectivity index (χ2n) is 7.33. The fourth-order valence-electron chi connectivity index (χ4n) is 3.77. The molecule has 4 saturated heterocycles. The first-order chi connectivity index (χ1) is 9.29. The Labute approximate surface area is 119 Å². The molecule has 0 radical (unpaired) electrons. The van der Waals surface area contributed by atoms with Crippen molar-refractivity contribution in [1.29, 1.82) is 0 Å². The van der Waals surface area contributed by atoms with Crippen LogP contribution in [0.5, 0.6) is 0 Å². The van der Waals surface area contributed by atoms with E-state index in [0.29, 0.717) is 12.3 Å². The van der Waals surface area contributed by atoms with Crippen LogP contribution in [0.15, 0.2) is 0 Å². The van der Waals surface area contributed by atoms with Crippen LogP contribution in [0.25, 0.3) is 0 Å². The lowest BCUT2D eigenvalue weighted by molar-refractivity contribution is -0.170. The molecule has 4 heterocycles. The van der Waals surface area contributed by atoms with E-state index in [0.717, 1.165) is 32.5 Å². The molecule has 1 spiro atoms. The van der Waals surface area contributed by atoms with Gasteiger partial charge in [0.15, 0.2) is 5.92 Å². The van der Waals surface area contributed by atoms with Crippen molar-refractivity contribution in [3.05, 3.63) is 0 Å². The number of fused-ring (bicyclic) bond motifs is 2. The van der Waals surface area contributed by atoms with E-state index >= 15 is 0 Å². The number of hydrogen-bond donors (Lipinski definition) is 0. The Morgan fingerprint density at radius 1 is 1.35 bits per heavy atom. The Hall–Kier alpha value is -1.10. The zero-order valence-electron chi connectivity index (χ0n) is 12.5. The molecule has 2 bridgehead atoms. The summed E-state index contributed by atoms with van der Waals surface area (Å²) < 4.78 is 11.0. The van der Waals surface area contributed by atoms with Crippen LogP contribution in [0.3, 0.4) is 0 Å². The van der Waals surface area contributed by atoms with Crippen LogP contribution in [0.4, 0.5) is 0 Å². The molecule has 5 nitrogen and oxygen atoms in total. The molecule has 112 valence electrons. The third-order valence-electron chi connectivity index (χ3n) is 4.65. The first-order valence-corrected chi connectivity index (χ1v) is 7.47. The standard InChI is InChI=1S/C15H23NO4/c1-14(2,3)19-12(17)11-8-15(20-13(11)18)9-16-6-4-10(15)5-7-16/h10-11H,4-9H2,1-3H3/t11-,15+/m0/s1. The van der Waals surface area contributed by atoms with Crippen molar-refractivity contribution in [3.8, 4) is 0 Å². The summed E-state index contributed by atoms with van der Waals surface area (Å²) in [6, 6.07) is 0. The van der Waals surface area contributed by atoms with Crippen molar-refractivity contribution in [2.45, 2.75) is 51.2 Å². The second kappa shape index (κ2) is 4.45. The zero-order chi connectivity index (χ0) is 14.5. The molecule has 0 saturated carbocycles. The number of rotatable bonds is 1. The predicted molar refractivity (Wildman–Crippen MR) is 71.9 cm³/mol. The van der Waals surface area contributed by atoms with Crippen molar-refractivity contribution >= 4 is 11.9 Å². The van der Waals surface area contributed by atoms with Crippen LogP contribution in [0.2, 0.25) is 0 Å². The van der Waals surface area contributed by atoms with Gasteiger partial charge in [0.1, 0.15) is 11.2 Å². The maximum absolute atomic E-state index is 12.2. The SMILES string of the molecule is CC(C)(C)OC(=O)[C@@H]1C[C@]2(CN3CCC2CC3)OC1=O. The van der Waals surface area contributed by atoms with Crippen LogP contribution < -0.4 is 0 Å². The highest BCUT2D eigenvalue weighted by molar-refractivity contribution is 5.96. The van der Waals surface area contributed by atoms with Crippen LogP contribution in [0, 0.1) is 11.8 Å². The third kappa shape index (κ3) is 2.32. The van der Waals surface area contributed by atoms with Crippen LogP contribution in [0.1, 0.15) is 40.0 Å². The van der Waals surface area contributed by atoms with Gasteiger partial charge in [-0.15, -0.1) is 0 Å². The highest BCUT2D eigenvalue weighted by atomic mass is 16.6. The molecule has 4 rings (SSSR count). The summed E-state index contributed by atoms with van der Waals surface area (Å²) in [6.07, 6.45) is 2.62. The Balaban J connectivity index is 1.74. The van der Waals surface area contributed by atoms with E-state index in [1.807, 2.05) is 20.8 Å². The minimum atomic E-state index is -0.741. The lowest BCUT2D eigenvalue weighted by Gasteiger charge is -2.50. The largest absolute Gasteiger partial charge is 0.459 e. The van der Waals surface area contributed by atoms with Crippen LogP contribution >= 0.6 is 0 Å². The number of hydrogen-bond acceptors (Lipinski definition) is 5. The van der Waals surface area contributed by atoms with Gasteiger partial charge in [-0.25, -0.2) is 0 Å². The Kier molecular flexibility index (Phi) is 3.08. The van der Waals surface area contributed by atoms with Gasteiger partial charge in [-0.3, -0.25) is 14.5 Å². The summed E-state index contributed by atoms with van der Waals surface area (Å²) in [6.45, 7) is 8.39. The highest BCUT2D eigenvalue weighted by Gasteiger charge is 2.58. The average Bonchev–Trinajstić information content (AvgIpc) is 2.65. The molecule has 0 N–H and O–H groups in total. The Bertz CT molecular complexity index is 434. The van der Waals surface area contributed by atoms with Crippen molar-refractivity contribution in [3.63, 3.8) is 0 Å². The normalized spacial score (nSPS) is 40.0. The zero-order valence-corrected chi connectivity index (χ0v) is 12.5.